The molecule has 0 saturated heterocycles. The summed E-state index contributed by atoms with van der Waals surface area (Å²) in [5.74, 6) is 3.20. The van der Waals surface area contributed by atoms with Gasteiger partial charge in [0.05, 0.1) is 10.6 Å². The third-order valence-electron chi connectivity index (χ3n) is 6.39. The average Bonchev–Trinajstić information content (AvgIpc) is 2.54. The third kappa shape index (κ3) is 2.77. The van der Waals surface area contributed by atoms with Crippen LogP contribution in [0.2, 0.25) is 0 Å². The standard InChI is InChI=1S/C19H25NO3S/c1-2-24(22,23)17-5-3-16(4-6-17)20-19(21)18-14-8-12-7-13(10-14)11-15(18)9-12/h3-6,12-15,18H,2,7-11H2,1H3,(H,20,21). The molecule has 0 aliphatic heterocycles. The van der Waals surface area contributed by atoms with Gasteiger partial charge in [-0.25, -0.2) is 8.42 Å². The highest BCUT2D eigenvalue weighted by Crippen LogP contribution is 2.56. The Balaban J connectivity index is 1.47. The summed E-state index contributed by atoms with van der Waals surface area (Å²) in [4.78, 5) is 13.1. The molecule has 4 aliphatic carbocycles. The molecule has 1 aromatic rings. The normalized spacial score (nSPS) is 34.3. The van der Waals surface area contributed by atoms with E-state index >= 15 is 0 Å². The number of rotatable bonds is 4. The topological polar surface area (TPSA) is 63.2 Å². The Bertz CT molecular complexity index is 710. The average molecular weight is 347 g/mol. The fourth-order valence-electron chi connectivity index (χ4n) is 5.49. The van der Waals surface area contributed by atoms with Crippen LogP contribution >= 0.6 is 0 Å². The van der Waals surface area contributed by atoms with Gasteiger partial charge < -0.3 is 5.32 Å². The van der Waals surface area contributed by atoms with Crippen LogP contribution in [0.5, 0.6) is 0 Å². The van der Waals surface area contributed by atoms with Gasteiger partial charge in [0.25, 0.3) is 0 Å². The van der Waals surface area contributed by atoms with Gasteiger partial charge in [0.15, 0.2) is 9.84 Å². The maximum Gasteiger partial charge on any atom is 0.228 e. The van der Waals surface area contributed by atoms with Crippen LogP contribution in [0.3, 0.4) is 0 Å². The van der Waals surface area contributed by atoms with Crippen molar-refractivity contribution in [1.82, 2.24) is 0 Å². The number of benzene rings is 1. The Morgan fingerprint density at radius 3 is 2.04 bits per heavy atom. The Hall–Kier alpha value is -1.36. The number of sulfone groups is 1. The van der Waals surface area contributed by atoms with Gasteiger partial charge in [0.1, 0.15) is 0 Å². The van der Waals surface area contributed by atoms with Gasteiger partial charge in [0, 0.05) is 11.6 Å². The van der Waals surface area contributed by atoms with Crippen LogP contribution in [0.15, 0.2) is 29.2 Å². The maximum atomic E-state index is 12.8. The summed E-state index contributed by atoms with van der Waals surface area (Å²) in [6, 6.07) is 6.59. The third-order valence-corrected chi connectivity index (χ3v) is 8.14. The second kappa shape index (κ2) is 5.87. The minimum atomic E-state index is -3.19. The van der Waals surface area contributed by atoms with Crippen LogP contribution < -0.4 is 5.32 Å². The number of hydrogen-bond acceptors (Lipinski definition) is 3. The van der Waals surface area contributed by atoms with E-state index in [9.17, 15) is 13.2 Å². The minimum Gasteiger partial charge on any atom is -0.326 e. The molecule has 4 bridgehead atoms. The number of carbonyl (C=O) groups is 1. The largest absolute Gasteiger partial charge is 0.326 e. The predicted molar refractivity (Wildman–Crippen MR) is 93.3 cm³/mol. The van der Waals surface area contributed by atoms with E-state index in [0.717, 1.165) is 11.8 Å². The molecule has 0 spiro atoms. The highest BCUT2D eigenvalue weighted by atomic mass is 32.2. The first-order valence-electron chi connectivity index (χ1n) is 9.10. The molecule has 4 saturated carbocycles. The van der Waals surface area contributed by atoms with E-state index in [4.69, 9.17) is 0 Å². The lowest BCUT2D eigenvalue weighted by atomic mass is 9.51. The Labute approximate surface area is 143 Å². The maximum absolute atomic E-state index is 12.8. The van der Waals surface area contributed by atoms with Crippen molar-refractivity contribution in [2.45, 2.75) is 43.9 Å². The molecule has 1 amide bonds. The van der Waals surface area contributed by atoms with Gasteiger partial charge in [-0.15, -0.1) is 0 Å². The monoisotopic (exact) mass is 347 g/mol. The first-order valence-corrected chi connectivity index (χ1v) is 10.7. The van der Waals surface area contributed by atoms with Crippen LogP contribution in [0.4, 0.5) is 5.69 Å². The molecule has 24 heavy (non-hydrogen) atoms. The number of carbonyl (C=O) groups excluding carboxylic acids is 1. The van der Waals surface area contributed by atoms with Crippen molar-refractivity contribution in [3.05, 3.63) is 24.3 Å². The minimum absolute atomic E-state index is 0.0898. The summed E-state index contributed by atoms with van der Waals surface area (Å²) >= 11 is 0. The van der Waals surface area contributed by atoms with E-state index in [-0.39, 0.29) is 17.6 Å². The van der Waals surface area contributed by atoms with Crippen LogP contribution in [-0.4, -0.2) is 20.1 Å². The molecule has 5 rings (SSSR count). The molecule has 0 radical (unpaired) electrons. The Morgan fingerprint density at radius 1 is 1.00 bits per heavy atom. The quantitative estimate of drug-likeness (QED) is 0.907. The summed E-state index contributed by atoms with van der Waals surface area (Å²) in [5.41, 5.74) is 0.698. The van der Waals surface area contributed by atoms with Crippen molar-refractivity contribution in [3.63, 3.8) is 0 Å². The number of hydrogen-bond donors (Lipinski definition) is 1. The number of anilines is 1. The van der Waals surface area contributed by atoms with E-state index in [2.05, 4.69) is 5.32 Å². The molecule has 1 N–H and O–H groups in total. The molecule has 4 fully saturated rings. The highest BCUT2D eigenvalue weighted by Gasteiger charge is 2.50. The molecule has 5 heteroatoms. The van der Waals surface area contributed by atoms with Crippen LogP contribution in [-0.2, 0) is 14.6 Å². The van der Waals surface area contributed by atoms with Gasteiger partial charge in [-0.1, -0.05) is 6.92 Å². The summed E-state index contributed by atoms with van der Waals surface area (Å²) in [5, 5.41) is 3.03. The lowest BCUT2D eigenvalue weighted by Gasteiger charge is -2.53. The molecule has 4 nitrogen and oxygen atoms in total. The fourth-order valence-corrected chi connectivity index (χ4v) is 6.38. The summed E-state index contributed by atoms with van der Waals surface area (Å²) < 4.78 is 23.7. The molecule has 0 atom stereocenters. The van der Waals surface area contributed by atoms with Crippen molar-refractivity contribution in [1.29, 1.82) is 0 Å². The SMILES string of the molecule is CCS(=O)(=O)c1ccc(NC(=O)C2C3CC4CC(C3)CC2C4)cc1. The molecule has 0 unspecified atom stereocenters. The number of nitrogens with one attached hydrogen (secondary N) is 1. The molecule has 0 heterocycles. The first kappa shape index (κ1) is 16.1. The molecular weight excluding hydrogens is 322 g/mol. The Morgan fingerprint density at radius 2 is 1.54 bits per heavy atom. The molecule has 130 valence electrons. The van der Waals surface area contributed by atoms with Crippen molar-refractivity contribution in [2.24, 2.45) is 29.6 Å². The molecule has 1 aromatic carbocycles. The molecular formula is C19H25NO3S. The highest BCUT2D eigenvalue weighted by molar-refractivity contribution is 7.91. The van der Waals surface area contributed by atoms with Crippen LogP contribution in [0.25, 0.3) is 0 Å². The molecule has 4 aliphatic rings. The van der Waals surface area contributed by atoms with Crippen LogP contribution in [0.1, 0.15) is 39.0 Å². The van der Waals surface area contributed by atoms with Crippen molar-refractivity contribution < 1.29 is 13.2 Å². The summed E-state index contributed by atoms with van der Waals surface area (Å²) in [6.07, 6.45) is 6.27. The van der Waals surface area contributed by atoms with Gasteiger partial charge >= 0.3 is 0 Å². The van der Waals surface area contributed by atoms with Crippen LogP contribution in [0, 0.1) is 29.6 Å². The van der Waals surface area contributed by atoms with E-state index in [1.165, 1.54) is 32.1 Å². The first-order chi connectivity index (χ1) is 11.5. The summed E-state index contributed by atoms with van der Waals surface area (Å²) in [7, 11) is -3.19. The summed E-state index contributed by atoms with van der Waals surface area (Å²) in [6.45, 7) is 1.64. The number of amides is 1. The molecule has 0 aromatic heterocycles. The van der Waals surface area contributed by atoms with Gasteiger partial charge in [-0.2, -0.15) is 0 Å². The lowest BCUT2D eigenvalue weighted by Crippen LogP contribution is -2.49. The zero-order valence-corrected chi connectivity index (χ0v) is 14.9. The van der Waals surface area contributed by atoms with Gasteiger partial charge in [0.2, 0.25) is 5.91 Å². The predicted octanol–water partition coefficient (Wildman–Crippen LogP) is 3.49. The lowest BCUT2D eigenvalue weighted by molar-refractivity contribution is -0.132. The second-order valence-corrected chi connectivity index (χ2v) is 10.2. The van der Waals surface area contributed by atoms with Gasteiger partial charge in [-0.3, -0.25) is 4.79 Å². The Kier molecular flexibility index (Phi) is 3.94. The van der Waals surface area contributed by atoms with Crippen molar-refractivity contribution >= 4 is 21.4 Å². The van der Waals surface area contributed by atoms with Gasteiger partial charge in [-0.05, 0) is 80.0 Å². The second-order valence-electron chi connectivity index (χ2n) is 7.87. The smallest absolute Gasteiger partial charge is 0.228 e. The van der Waals surface area contributed by atoms with Crippen molar-refractivity contribution in [2.75, 3.05) is 11.1 Å². The zero-order valence-electron chi connectivity index (χ0n) is 14.1. The van der Waals surface area contributed by atoms with E-state index in [0.29, 0.717) is 22.4 Å². The van der Waals surface area contributed by atoms with E-state index < -0.39 is 9.84 Å². The fraction of sp³-hybridized carbons (Fsp3) is 0.632. The van der Waals surface area contributed by atoms with Crippen molar-refractivity contribution in [3.8, 4) is 0 Å². The van der Waals surface area contributed by atoms with E-state index in [1.807, 2.05) is 0 Å². The zero-order chi connectivity index (χ0) is 16.9. The van der Waals surface area contributed by atoms with E-state index in [1.54, 1.807) is 31.2 Å².